The smallest absolute Gasteiger partial charge is 0.270 e. The Bertz CT molecular complexity index is 908. The van der Waals surface area contributed by atoms with E-state index in [4.69, 9.17) is 4.74 Å². The standard InChI is InChI=1S/C15H18N4O4S2/c1-9(20)16-13-17-18-14(24-13)25(21,22)19-11-8-15(2,3)23-12-7-5-4-6-10(11)12/h4-7,11,19H,8H2,1-3H3,(H,16,17,20)/t11-/m1/s1. The van der Waals surface area contributed by atoms with Crippen molar-refractivity contribution in [1.82, 2.24) is 14.9 Å². The van der Waals surface area contributed by atoms with E-state index in [1.807, 2.05) is 38.1 Å². The topological polar surface area (TPSA) is 110 Å². The maximum atomic E-state index is 12.7. The van der Waals surface area contributed by atoms with Crippen LogP contribution in [0.5, 0.6) is 5.75 Å². The maximum Gasteiger partial charge on any atom is 0.270 e. The van der Waals surface area contributed by atoms with Crippen LogP contribution < -0.4 is 14.8 Å². The van der Waals surface area contributed by atoms with Gasteiger partial charge in [-0.05, 0) is 19.9 Å². The number of nitrogens with one attached hydrogen (secondary N) is 2. The van der Waals surface area contributed by atoms with Gasteiger partial charge in [-0.2, -0.15) is 0 Å². The highest BCUT2D eigenvalue weighted by molar-refractivity contribution is 7.91. The van der Waals surface area contributed by atoms with Gasteiger partial charge in [0.15, 0.2) is 0 Å². The van der Waals surface area contributed by atoms with Crippen molar-refractivity contribution in [1.29, 1.82) is 0 Å². The fraction of sp³-hybridized carbons (Fsp3) is 0.400. The Labute approximate surface area is 149 Å². The van der Waals surface area contributed by atoms with Crippen molar-refractivity contribution in [3.8, 4) is 5.75 Å². The predicted octanol–water partition coefficient (Wildman–Crippen LogP) is 2.08. The molecule has 8 nitrogen and oxygen atoms in total. The van der Waals surface area contributed by atoms with E-state index in [0.29, 0.717) is 12.2 Å². The third-order valence-electron chi connectivity index (χ3n) is 3.59. The number of hydrogen-bond acceptors (Lipinski definition) is 7. The van der Waals surface area contributed by atoms with Crippen molar-refractivity contribution in [2.75, 3.05) is 5.32 Å². The average Bonchev–Trinajstić information content (AvgIpc) is 2.94. The molecule has 0 spiro atoms. The van der Waals surface area contributed by atoms with Crippen LogP contribution in [0.4, 0.5) is 5.13 Å². The van der Waals surface area contributed by atoms with Gasteiger partial charge in [0.2, 0.25) is 15.4 Å². The molecule has 3 rings (SSSR count). The highest BCUT2D eigenvalue weighted by atomic mass is 32.2. The van der Waals surface area contributed by atoms with E-state index in [-0.39, 0.29) is 15.4 Å². The summed E-state index contributed by atoms with van der Waals surface area (Å²) in [5, 5.41) is 9.91. The maximum absolute atomic E-state index is 12.7. The molecule has 0 fully saturated rings. The average molecular weight is 382 g/mol. The van der Waals surface area contributed by atoms with Crippen molar-refractivity contribution in [2.45, 2.75) is 43.2 Å². The molecule has 2 N–H and O–H groups in total. The molecule has 0 aliphatic carbocycles. The molecule has 1 aliphatic heterocycles. The Hall–Kier alpha value is -2.04. The van der Waals surface area contributed by atoms with Gasteiger partial charge in [0.25, 0.3) is 10.0 Å². The first kappa shape index (κ1) is 17.8. The second-order valence-corrected chi connectivity index (χ2v) is 9.20. The lowest BCUT2D eigenvalue weighted by Crippen LogP contribution is -2.41. The number of hydrogen-bond donors (Lipinski definition) is 2. The summed E-state index contributed by atoms with van der Waals surface area (Å²) in [6.07, 6.45) is 0.473. The molecule has 0 bridgehead atoms. The Kier molecular flexibility index (Phi) is 4.52. The number of ether oxygens (including phenoxy) is 1. The minimum absolute atomic E-state index is 0.139. The molecule has 1 amide bonds. The van der Waals surface area contributed by atoms with Gasteiger partial charge in [0, 0.05) is 18.9 Å². The Morgan fingerprint density at radius 2 is 2.04 bits per heavy atom. The second-order valence-electron chi connectivity index (χ2n) is 6.33. The number of benzene rings is 1. The highest BCUT2D eigenvalue weighted by Crippen LogP contribution is 2.40. The van der Waals surface area contributed by atoms with Crippen molar-refractivity contribution < 1.29 is 17.9 Å². The van der Waals surface area contributed by atoms with Crippen molar-refractivity contribution in [2.24, 2.45) is 0 Å². The number of fused-ring (bicyclic) bond motifs is 1. The fourth-order valence-electron chi connectivity index (χ4n) is 2.66. The van der Waals surface area contributed by atoms with Crippen LogP contribution in [0.3, 0.4) is 0 Å². The molecule has 2 aromatic rings. The van der Waals surface area contributed by atoms with Crippen LogP contribution in [-0.4, -0.2) is 30.1 Å². The van der Waals surface area contributed by atoms with Gasteiger partial charge in [-0.1, -0.05) is 29.5 Å². The lowest BCUT2D eigenvalue weighted by atomic mass is 9.90. The van der Waals surface area contributed by atoms with Crippen molar-refractivity contribution in [3.63, 3.8) is 0 Å². The van der Waals surface area contributed by atoms with Crippen LogP contribution in [0.15, 0.2) is 28.6 Å². The van der Waals surface area contributed by atoms with Gasteiger partial charge in [-0.3, -0.25) is 4.79 Å². The summed E-state index contributed by atoms with van der Waals surface area (Å²) >= 11 is 0.802. The molecule has 10 heteroatoms. The summed E-state index contributed by atoms with van der Waals surface area (Å²) < 4.78 is 33.7. The van der Waals surface area contributed by atoms with Crippen LogP contribution in [0.1, 0.15) is 38.8 Å². The zero-order valence-electron chi connectivity index (χ0n) is 13.9. The van der Waals surface area contributed by atoms with Crippen molar-refractivity contribution in [3.05, 3.63) is 29.8 Å². The molecule has 2 heterocycles. The number of aromatic nitrogens is 2. The largest absolute Gasteiger partial charge is 0.487 e. The number of anilines is 1. The van der Waals surface area contributed by atoms with E-state index in [1.165, 1.54) is 6.92 Å². The molecular weight excluding hydrogens is 364 g/mol. The number of carbonyl (C=O) groups excluding carboxylic acids is 1. The van der Waals surface area contributed by atoms with Crippen molar-refractivity contribution >= 4 is 32.4 Å². The molecule has 1 aromatic carbocycles. The van der Waals surface area contributed by atoms with Gasteiger partial charge in [0.1, 0.15) is 11.4 Å². The normalized spacial score (nSPS) is 18.9. The molecule has 1 aliphatic rings. The number of sulfonamides is 1. The van der Waals surface area contributed by atoms with Gasteiger partial charge in [0.05, 0.1) is 6.04 Å². The Morgan fingerprint density at radius 3 is 2.76 bits per heavy atom. The van der Waals surface area contributed by atoms with E-state index in [2.05, 4.69) is 20.2 Å². The Balaban J connectivity index is 1.88. The molecule has 1 aromatic heterocycles. The number of amides is 1. The summed E-state index contributed by atoms with van der Waals surface area (Å²) in [4.78, 5) is 11.0. The van der Waals surface area contributed by atoms with Gasteiger partial charge >= 0.3 is 0 Å². The van der Waals surface area contributed by atoms with Crippen LogP contribution in [0, 0.1) is 0 Å². The lowest BCUT2D eigenvalue weighted by molar-refractivity contribution is -0.114. The first-order chi connectivity index (χ1) is 11.7. The van der Waals surface area contributed by atoms with E-state index < -0.39 is 21.7 Å². The molecule has 0 saturated carbocycles. The summed E-state index contributed by atoms with van der Waals surface area (Å²) in [7, 11) is -3.88. The van der Waals surface area contributed by atoms with Crippen LogP contribution in [0.25, 0.3) is 0 Å². The van der Waals surface area contributed by atoms with Crippen LogP contribution in [-0.2, 0) is 14.8 Å². The van der Waals surface area contributed by atoms with Gasteiger partial charge in [-0.25, -0.2) is 13.1 Å². The van der Waals surface area contributed by atoms with E-state index in [1.54, 1.807) is 0 Å². The summed E-state index contributed by atoms with van der Waals surface area (Å²) in [6, 6.07) is 6.88. The molecule has 0 unspecified atom stereocenters. The SMILES string of the molecule is CC(=O)Nc1nnc(S(=O)(=O)N[C@@H]2CC(C)(C)Oc3ccccc32)s1. The minimum atomic E-state index is -3.88. The zero-order chi connectivity index (χ0) is 18.2. The molecule has 1 atom stereocenters. The summed E-state index contributed by atoms with van der Waals surface area (Å²) in [5.74, 6) is 0.316. The van der Waals surface area contributed by atoms with Gasteiger partial charge in [-0.15, -0.1) is 10.2 Å². The molecular formula is C15H18N4O4S2. The number of para-hydroxylation sites is 1. The molecule has 0 saturated heterocycles. The third-order valence-corrected chi connectivity index (χ3v) is 6.27. The summed E-state index contributed by atoms with van der Waals surface area (Å²) in [6.45, 7) is 5.13. The minimum Gasteiger partial charge on any atom is -0.487 e. The van der Waals surface area contributed by atoms with E-state index >= 15 is 0 Å². The van der Waals surface area contributed by atoms with E-state index in [9.17, 15) is 13.2 Å². The van der Waals surface area contributed by atoms with Gasteiger partial charge < -0.3 is 10.1 Å². The first-order valence-corrected chi connectivity index (χ1v) is 9.88. The highest BCUT2D eigenvalue weighted by Gasteiger charge is 2.36. The lowest BCUT2D eigenvalue weighted by Gasteiger charge is -2.37. The number of carbonyl (C=O) groups is 1. The molecule has 0 radical (unpaired) electrons. The number of rotatable bonds is 4. The fourth-order valence-corrected chi connectivity index (χ4v) is 4.84. The first-order valence-electron chi connectivity index (χ1n) is 7.58. The molecule has 134 valence electrons. The Morgan fingerprint density at radius 1 is 1.32 bits per heavy atom. The third kappa shape index (κ3) is 3.97. The monoisotopic (exact) mass is 382 g/mol. The number of nitrogens with zero attached hydrogens (tertiary/aromatic N) is 2. The van der Waals surface area contributed by atoms with E-state index in [0.717, 1.165) is 16.9 Å². The zero-order valence-corrected chi connectivity index (χ0v) is 15.6. The van der Waals surface area contributed by atoms with Crippen LogP contribution >= 0.6 is 11.3 Å². The predicted molar refractivity (Wildman–Crippen MR) is 93.0 cm³/mol. The quantitative estimate of drug-likeness (QED) is 0.784. The van der Waals surface area contributed by atoms with Crippen LogP contribution in [0.2, 0.25) is 0 Å². The second kappa shape index (κ2) is 6.36. The molecule has 25 heavy (non-hydrogen) atoms. The summed E-state index contributed by atoms with van der Waals surface area (Å²) in [5.41, 5.74) is 0.265.